The number of hydrogen-bond acceptors (Lipinski definition) is 10. The van der Waals surface area contributed by atoms with Gasteiger partial charge in [0, 0.05) is 30.2 Å². The first-order chi connectivity index (χ1) is 16.8. The van der Waals surface area contributed by atoms with Crippen molar-refractivity contribution in [2.45, 2.75) is 18.5 Å². The normalized spacial score (nSPS) is 13.4. The Kier molecular flexibility index (Phi) is 13.0. The fraction of sp³-hybridized carbons (Fsp3) is 0.435. The Morgan fingerprint density at radius 2 is 1.97 bits per heavy atom. The SMILES string of the molecule is CSCCC(NC(=O)COc1nc(-c2ccccc2)ccc1NCC(N)CS)C(=O)OCS(C)=O. The number of amides is 1. The van der Waals surface area contributed by atoms with Crippen molar-refractivity contribution < 1.29 is 23.3 Å². The molecule has 4 N–H and O–H groups in total. The molecular weight excluding hydrogens is 508 g/mol. The summed E-state index contributed by atoms with van der Waals surface area (Å²) >= 11 is 5.73. The molecule has 0 spiro atoms. The lowest BCUT2D eigenvalue weighted by molar-refractivity contribution is -0.146. The van der Waals surface area contributed by atoms with Crippen LogP contribution in [0.4, 0.5) is 5.69 Å². The lowest BCUT2D eigenvalue weighted by atomic mass is 10.1. The van der Waals surface area contributed by atoms with E-state index in [0.717, 1.165) is 5.56 Å². The van der Waals surface area contributed by atoms with E-state index >= 15 is 0 Å². The van der Waals surface area contributed by atoms with Gasteiger partial charge in [0.05, 0.1) is 22.2 Å². The molecule has 1 heterocycles. The highest BCUT2D eigenvalue weighted by Crippen LogP contribution is 2.27. The van der Waals surface area contributed by atoms with Crippen molar-refractivity contribution in [2.75, 3.05) is 48.4 Å². The fourth-order valence-electron chi connectivity index (χ4n) is 2.86. The second-order valence-corrected chi connectivity index (χ2v) is 10.3. The highest BCUT2D eigenvalue weighted by atomic mass is 32.2. The van der Waals surface area contributed by atoms with Gasteiger partial charge in [0.1, 0.15) is 6.04 Å². The summed E-state index contributed by atoms with van der Waals surface area (Å²) in [4.78, 5) is 29.5. The van der Waals surface area contributed by atoms with Crippen molar-refractivity contribution in [1.29, 1.82) is 0 Å². The molecule has 0 aliphatic heterocycles. The lowest BCUT2D eigenvalue weighted by Gasteiger charge is -2.18. The van der Waals surface area contributed by atoms with Crippen LogP contribution in [0, 0.1) is 0 Å². The number of nitrogens with two attached hydrogens (primary N) is 1. The summed E-state index contributed by atoms with van der Waals surface area (Å²) in [5.41, 5.74) is 8.11. The van der Waals surface area contributed by atoms with Gasteiger partial charge in [-0.15, -0.1) is 0 Å². The summed E-state index contributed by atoms with van der Waals surface area (Å²) in [5.74, 6) is 0.0138. The van der Waals surface area contributed by atoms with Crippen LogP contribution in [0.5, 0.6) is 5.88 Å². The molecule has 0 fully saturated rings. The number of carbonyl (C=O) groups is 2. The second-order valence-electron chi connectivity index (χ2n) is 7.58. The van der Waals surface area contributed by atoms with Crippen LogP contribution >= 0.6 is 24.4 Å². The molecule has 0 aliphatic carbocycles. The smallest absolute Gasteiger partial charge is 0.329 e. The summed E-state index contributed by atoms with van der Waals surface area (Å²) in [5, 5.41) is 5.82. The van der Waals surface area contributed by atoms with Gasteiger partial charge in [-0.1, -0.05) is 30.3 Å². The standard InChI is InChI=1S/C23H32N4O5S3/c1-34-11-10-20(23(29)32-15-35(2)30)26-21(28)13-31-22-19(25-12-17(24)14-33)9-8-18(27-22)16-6-4-3-5-7-16/h3-9,17,20,25,33H,10-15,24H2,1-2H3,(H,26,28). The lowest BCUT2D eigenvalue weighted by Crippen LogP contribution is -2.44. The minimum atomic E-state index is -1.29. The highest BCUT2D eigenvalue weighted by molar-refractivity contribution is 7.98. The largest absolute Gasteiger partial charge is 0.466 e. The molecule has 0 aliphatic rings. The topological polar surface area (TPSA) is 133 Å². The zero-order chi connectivity index (χ0) is 25.6. The molecule has 0 saturated carbocycles. The molecule has 9 nitrogen and oxygen atoms in total. The number of pyridine rings is 1. The third-order valence-electron chi connectivity index (χ3n) is 4.66. The van der Waals surface area contributed by atoms with Crippen LogP contribution in [-0.4, -0.2) is 76.3 Å². The summed E-state index contributed by atoms with van der Waals surface area (Å²) in [7, 11) is -1.29. The van der Waals surface area contributed by atoms with E-state index in [1.807, 2.05) is 48.7 Å². The predicted molar refractivity (Wildman–Crippen MR) is 145 cm³/mol. The number of aromatic nitrogens is 1. The van der Waals surface area contributed by atoms with Gasteiger partial charge in [-0.25, -0.2) is 9.78 Å². The van der Waals surface area contributed by atoms with Gasteiger partial charge in [0.15, 0.2) is 12.5 Å². The predicted octanol–water partition coefficient (Wildman–Crippen LogP) is 1.91. The summed E-state index contributed by atoms with van der Waals surface area (Å²) in [6, 6.07) is 12.2. The van der Waals surface area contributed by atoms with E-state index in [1.165, 1.54) is 18.0 Å². The minimum absolute atomic E-state index is 0.177. The number of hydrogen-bond donors (Lipinski definition) is 4. The van der Waals surface area contributed by atoms with Gasteiger partial charge in [-0.05, 0) is 30.6 Å². The highest BCUT2D eigenvalue weighted by Gasteiger charge is 2.23. The number of esters is 1. The summed E-state index contributed by atoms with van der Waals surface area (Å²) in [6.45, 7) is 0.0844. The van der Waals surface area contributed by atoms with Crippen molar-refractivity contribution in [2.24, 2.45) is 5.73 Å². The van der Waals surface area contributed by atoms with Crippen LogP contribution < -0.4 is 21.1 Å². The Hall–Kier alpha value is -2.28. The third kappa shape index (κ3) is 10.5. The molecule has 2 aromatic rings. The van der Waals surface area contributed by atoms with Crippen LogP contribution in [0.1, 0.15) is 6.42 Å². The van der Waals surface area contributed by atoms with Crippen molar-refractivity contribution in [3.8, 4) is 17.1 Å². The molecule has 1 amide bonds. The molecule has 1 aromatic heterocycles. The molecule has 0 bridgehead atoms. The molecule has 3 unspecified atom stereocenters. The van der Waals surface area contributed by atoms with Crippen molar-refractivity contribution in [3.63, 3.8) is 0 Å². The first-order valence-corrected chi connectivity index (χ1v) is 14.6. The Morgan fingerprint density at radius 3 is 2.63 bits per heavy atom. The first-order valence-electron chi connectivity index (χ1n) is 10.9. The first kappa shape index (κ1) is 29.0. The van der Waals surface area contributed by atoms with Crippen molar-refractivity contribution in [1.82, 2.24) is 10.3 Å². The molecule has 192 valence electrons. The maximum atomic E-state index is 12.6. The van der Waals surface area contributed by atoms with Crippen molar-refractivity contribution in [3.05, 3.63) is 42.5 Å². The van der Waals surface area contributed by atoms with Gasteiger partial charge >= 0.3 is 5.97 Å². The fourth-order valence-corrected chi connectivity index (χ4v) is 3.74. The Balaban J connectivity index is 2.12. The number of rotatable bonds is 15. The van der Waals surface area contributed by atoms with Gasteiger partial charge in [-0.2, -0.15) is 24.4 Å². The van der Waals surface area contributed by atoms with Crippen LogP contribution in [0.15, 0.2) is 42.5 Å². The number of benzene rings is 1. The quantitative estimate of drug-likeness (QED) is 0.198. The van der Waals surface area contributed by atoms with E-state index in [-0.39, 0.29) is 24.5 Å². The average molecular weight is 541 g/mol. The zero-order valence-electron chi connectivity index (χ0n) is 19.8. The molecule has 2 rings (SSSR count). The Labute approximate surface area is 218 Å². The van der Waals surface area contributed by atoms with Gasteiger partial charge in [-0.3, -0.25) is 9.00 Å². The van der Waals surface area contributed by atoms with Crippen LogP contribution in [-0.2, 0) is 25.1 Å². The molecule has 0 saturated heterocycles. The number of ether oxygens (including phenoxy) is 2. The van der Waals surface area contributed by atoms with Gasteiger partial charge in [0.2, 0.25) is 5.88 Å². The number of thiol groups is 1. The van der Waals surface area contributed by atoms with Gasteiger partial charge in [0.25, 0.3) is 5.91 Å². The average Bonchev–Trinajstić information content (AvgIpc) is 2.87. The summed E-state index contributed by atoms with van der Waals surface area (Å²) < 4.78 is 22.0. The van der Waals surface area contributed by atoms with Crippen LogP contribution in [0.3, 0.4) is 0 Å². The molecule has 1 aromatic carbocycles. The third-order valence-corrected chi connectivity index (χ3v) is 6.22. The van der Waals surface area contributed by atoms with Crippen LogP contribution in [0.25, 0.3) is 11.3 Å². The molecular formula is C23H32N4O5S3. The molecule has 35 heavy (non-hydrogen) atoms. The Bertz CT molecular complexity index is 981. The maximum Gasteiger partial charge on any atom is 0.329 e. The maximum absolute atomic E-state index is 12.6. The number of nitrogens with one attached hydrogen (secondary N) is 2. The minimum Gasteiger partial charge on any atom is -0.466 e. The second kappa shape index (κ2) is 15.7. The number of anilines is 1. The number of thioether (sulfide) groups is 1. The monoisotopic (exact) mass is 540 g/mol. The van der Waals surface area contributed by atoms with Gasteiger partial charge < -0.3 is 25.8 Å². The van der Waals surface area contributed by atoms with E-state index in [0.29, 0.717) is 35.9 Å². The van der Waals surface area contributed by atoms with Crippen LogP contribution in [0.2, 0.25) is 0 Å². The van der Waals surface area contributed by atoms with E-state index in [4.69, 9.17) is 15.2 Å². The van der Waals surface area contributed by atoms with E-state index < -0.39 is 28.7 Å². The van der Waals surface area contributed by atoms with Crippen molar-refractivity contribution >= 4 is 52.8 Å². The number of carbonyl (C=O) groups excluding carboxylic acids is 2. The van der Waals surface area contributed by atoms with E-state index in [1.54, 1.807) is 0 Å². The number of nitrogens with zero attached hydrogens (tertiary/aromatic N) is 1. The molecule has 12 heteroatoms. The molecule has 3 atom stereocenters. The summed E-state index contributed by atoms with van der Waals surface area (Å²) in [6.07, 6.45) is 3.70. The van der Waals surface area contributed by atoms with E-state index in [9.17, 15) is 13.8 Å². The molecule has 0 radical (unpaired) electrons. The zero-order valence-corrected chi connectivity index (χ0v) is 22.3. The van der Waals surface area contributed by atoms with E-state index in [2.05, 4.69) is 28.2 Å². The Morgan fingerprint density at radius 1 is 1.23 bits per heavy atom.